The maximum absolute atomic E-state index is 14.0. The first-order chi connectivity index (χ1) is 8.66. The molecule has 0 spiro atoms. The van der Waals surface area contributed by atoms with Crippen LogP contribution in [0.15, 0.2) is 12.1 Å². The third-order valence-corrected chi connectivity index (χ3v) is 4.78. The third kappa shape index (κ3) is 2.03. The predicted octanol–water partition coefficient (Wildman–Crippen LogP) is 3.90. The molecule has 0 aliphatic carbocycles. The first-order valence-corrected chi connectivity index (χ1v) is 7.07. The van der Waals surface area contributed by atoms with E-state index in [4.69, 9.17) is 23.2 Å². The van der Waals surface area contributed by atoms with Crippen LogP contribution in [-0.4, -0.2) is 11.5 Å². The van der Waals surface area contributed by atoms with Crippen molar-refractivity contribution in [2.75, 3.05) is 6.54 Å². The summed E-state index contributed by atoms with van der Waals surface area (Å²) in [6, 6.07) is 3.22. The van der Waals surface area contributed by atoms with Crippen molar-refractivity contribution < 1.29 is 4.39 Å². The van der Waals surface area contributed by atoms with Gasteiger partial charge in [0, 0.05) is 30.0 Å². The Morgan fingerprint density at radius 2 is 2.17 bits per heavy atom. The second-order valence-electron chi connectivity index (χ2n) is 4.04. The van der Waals surface area contributed by atoms with Gasteiger partial charge in [0.05, 0.1) is 15.7 Å². The number of nitrogens with one attached hydrogen (secondary N) is 1. The molecule has 0 amide bonds. The number of halogens is 3. The molecule has 1 aliphatic heterocycles. The molecule has 2 aromatic rings. The van der Waals surface area contributed by atoms with Gasteiger partial charge in [-0.15, -0.1) is 11.3 Å². The molecule has 2 nitrogen and oxygen atoms in total. The zero-order valence-electron chi connectivity index (χ0n) is 9.27. The highest BCUT2D eigenvalue weighted by Gasteiger charge is 2.19. The predicted molar refractivity (Wildman–Crippen MR) is 72.9 cm³/mol. The number of fused-ring (bicyclic) bond motifs is 1. The summed E-state index contributed by atoms with van der Waals surface area (Å²) in [5, 5.41) is 4.12. The maximum Gasteiger partial charge on any atom is 0.153 e. The molecule has 1 aromatic carbocycles. The minimum absolute atomic E-state index is 0.0412. The van der Waals surface area contributed by atoms with Gasteiger partial charge < -0.3 is 5.32 Å². The molecule has 3 rings (SSSR count). The number of aromatic nitrogens is 1. The molecule has 2 heterocycles. The van der Waals surface area contributed by atoms with Gasteiger partial charge in [0.1, 0.15) is 5.01 Å². The lowest BCUT2D eigenvalue weighted by Crippen LogP contribution is -2.22. The first-order valence-electron chi connectivity index (χ1n) is 5.50. The maximum atomic E-state index is 14.0. The molecule has 1 aromatic heterocycles. The average Bonchev–Trinajstić information content (AvgIpc) is 2.79. The van der Waals surface area contributed by atoms with E-state index >= 15 is 0 Å². The number of nitrogens with zero attached hydrogens (tertiary/aromatic N) is 1. The Morgan fingerprint density at radius 3 is 2.94 bits per heavy atom. The lowest BCUT2D eigenvalue weighted by Gasteiger charge is -2.09. The van der Waals surface area contributed by atoms with Crippen LogP contribution in [0.4, 0.5) is 4.39 Å². The van der Waals surface area contributed by atoms with Crippen molar-refractivity contribution in [1.29, 1.82) is 0 Å². The molecule has 0 fully saturated rings. The smallest absolute Gasteiger partial charge is 0.153 e. The van der Waals surface area contributed by atoms with E-state index in [0.29, 0.717) is 10.6 Å². The number of rotatable bonds is 1. The molecule has 0 saturated heterocycles. The molecule has 0 bridgehead atoms. The van der Waals surface area contributed by atoms with Gasteiger partial charge in [0.2, 0.25) is 0 Å². The van der Waals surface area contributed by atoms with Gasteiger partial charge in [-0.2, -0.15) is 0 Å². The molecule has 0 saturated carbocycles. The second kappa shape index (κ2) is 4.78. The topological polar surface area (TPSA) is 24.9 Å². The molecule has 0 unspecified atom stereocenters. The first kappa shape index (κ1) is 12.4. The number of thiazole rings is 1. The highest BCUT2D eigenvalue weighted by atomic mass is 35.5. The summed E-state index contributed by atoms with van der Waals surface area (Å²) in [5.41, 5.74) is 1.48. The fourth-order valence-electron chi connectivity index (χ4n) is 1.93. The summed E-state index contributed by atoms with van der Waals surface area (Å²) in [7, 11) is 0. The van der Waals surface area contributed by atoms with Crippen LogP contribution in [0.5, 0.6) is 0 Å². The lowest BCUT2D eigenvalue weighted by molar-refractivity contribution is 0.631. The second-order valence-corrected chi connectivity index (χ2v) is 5.91. The summed E-state index contributed by atoms with van der Waals surface area (Å²) in [6.07, 6.45) is 0.884. The summed E-state index contributed by atoms with van der Waals surface area (Å²) >= 11 is 13.1. The molecule has 0 radical (unpaired) electrons. The van der Waals surface area contributed by atoms with Gasteiger partial charge in [-0.25, -0.2) is 9.37 Å². The Bertz CT molecular complexity index is 589. The molecule has 0 atom stereocenters. The van der Waals surface area contributed by atoms with Crippen molar-refractivity contribution in [2.45, 2.75) is 13.0 Å². The van der Waals surface area contributed by atoms with Crippen LogP contribution in [0.1, 0.15) is 10.6 Å². The number of hydrogen-bond acceptors (Lipinski definition) is 3. The molecule has 18 heavy (non-hydrogen) atoms. The average molecular weight is 303 g/mol. The minimum atomic E-state index is -0.497. The molecule has 1 aliphatic rings. The summed E-state index contributed by atoms with van der Waals surface area (Å²) in [6.45, 7) is 1.72. The molecular formula is C12H9Cl2FN2S. The van der Waals surface area contributed by atoms with E-state index in [9.17, 15) is 4.39 Å². The van der Waals surface area contributed by atoms with Crippen molar-refractivity contribution in [3.63, 3.8) is 0 Å². The summed E-state index contributed by atoms with van der Waals surface area (Å²) in [5.74, 6) is -0.497. The van der Waals surface area contributed by atoms with E-state index in [-0.39, 0.29) is 10.0 Å². The Labute approximate surface area is 118 Å². The monoisotopic (exact) mass is 302 g/mol. The molecule has 1 N–H and O–H groups in total. The summed E-state index contributed by atoms with van der Waals surface area (Å²) in [4.78, 5) is 5.66. The van der Waals surface area contributed by atoms with Crippen molar-refractivity contribution in [1.82, 2.24) is 10.3 Å². The van der Waals surface area contributed by atoms with E-state index in [2.05, 4.69) is 10.3 Å². The normalized spacial score (nSPS) is 14.6. The van der Waals surface area contributed by atoms with Gasteiger partial charge in [-0.1, -0.05) is 23.2 Å². The van der Waals surface area contributed by atoms with Gasteiger partial charge in [-0.05, 0) is 12.1 Å². The zero-order chi connectivity index (χ0) is 12.7. The van der Waals surface area contributed by atoms with Crippen LogP contribution in [0.25, 0.3) is 10.6 Å². The van der Waals surface area contributed by atoms with Crippen LogP contribution >= 0.6 is 34.5 Å². The quantitative estimate of drug-likeness (QED) is 0.808. The lowest BCUT2D eigenvalue weighted by atomic mass is 10.2. The van der Waals surface area contributed by atoms with Crippen LogP contribution in [-0.2, 0) is 13.0 Å². The number of hydrogen-bond donors (Lipinski definition) is 1. The summed E-state index contributed by atoms with van der Waals surface area (Å²) < 4.78 is 14.0. The Morgan fingerprint density at radius 1 is 1.33 bits per heavy atom. The van der Waals surface area contributed by atoms with Gasteiger partial charge in [0.25, 0.3) is 0 Å². The SMILES string of the molecule is Fc1c(-c2nc3c(s2)CNCC3)ccc(Cl)c1Cl. The Hall–Kier alpha value is -0.680. The van der Waals surface area contributed by atoms with E-state index in [1.807, 2.05) is 0 Å². The third-order valence-electron chi connectivity index (χ3n) is 2.87. The van der Waals surface area contributed by atoms with E-state index in [1.165, 1.54) is 16.2 Å². The van der Waals surface area contributed by atoms with Crippen molar-refractivity contribution in [2.24, 2.45) is 0 Å². The van der Waals surface area contributed by atoms with E-state index in [0.717, 1.165) is 25.2 Å². The zero-order valence-corrected chi connectivity index (χ0v) is 11.6. The van der Waals surface area contributed by atoms with E-state index < -0.39 is 5.82 Å². The minimum Gasteiger partial charge on any atom is -0.311 e. The fourth-order valence-corrected chi connectivity index (χ4v) is 3.34. The van der Waals surface area contributed by atoms with E-state index in [1.54, 1.807) is 12.1 Å². The van der Waals surface area contributed by atoms with Crippen molar-refractivity contribution >= 4 is 34.5 Å². The molecule has 6 heteroatoms. The van der Waals surface area contributed by atoms with Crippen LogP contribution in [0, 0.1) is 5.82 Å². The Balaban J connectivity index is 2.10. The molecule has 94 valence electrons. The van der Waals surface area contributed by atoms with Crippen LogP contribution in [0.2, 0.25) is 10.0 Å². The fraction of sp³-hybridized carbons (Fsp3) is 0.250. The largest absolute Gasteiger partial charge is 0.311 e. The van der Waals surface area contributed by atoms with Gasteiger partial charge >= 0.3 is 0 Å². The standard InChI is InChI=1S/C12H9Cl2FN2S/c13-7-2-1-6(11(15)10(7)14)12-17-8-3-4-16-5-9(8)18-12/h1-2,16H,3-5H2. The molecular weight excluding hydrogens is 294 g/mol. The van der Waals surface area contributed by atoms with Crippen molar-refractivity contribution in [3.05, 3.63) is 38.6 Å². The highest BCUT2D eigenvalue weighted by Crippen LogP contribution is 2.36. The Kier molecular flexibility index (Phi) is 3.28. The van der Waals surface area contributed by atoms with Crippen LogP contribution in [0.3, 0.4) is 0 Å². The van der Waals surface area contributed by atoms with Gasteiger partial charge in [0.15, 0.2) is 5.82 Å². The van der Waals surface area contributed by atoms with Crippen LogP contribution < -0.4 is 5.32 Å². The number of benzene rings is 1. The van der Waals surface area contributed by atoms with Crippen molar-refractivity contribution in [3.8, 4) is 10.6 Å². The van der Waals surface area contributed by atoms with Gasteiger partial charge in [-0.3, -0.25) is 0 Å². The highest BCUT2D eigenvalue weighted by molar-refractivity contribution is 7.15.